The number of esters is 1. The van der Waals surface area contributed by atoms with E-state index in [4.69, 9.17) is 14.2 Å². The van der Waals surface area contributed by atoms with E-state index in [1.165, 1.54) is 16.7 Å². The van der Waals surface area contributed by atoms with Gasteiger partial charge in [-0.3, -0.25) is 9.69 Å². The van der Waals surface area contributed by atoms with Crippen LogP contribution in [0.4, 0.5) is 5.82 Å². The van der Waals surface area contributed by atoms with Crippen LogP contribution in [0.2, 0.25) is 0 Å². The van der Waals surface area contributed by atoms with E-state index < -0.39 is 5.60 Å². The largest absolute Gasteiger partial charge is 0.460 e. The lowest BCUT2D eigenvalue weighted by atomic mass is 9.89. The van der Waals surface area contributed by atoms with Gasteiger partial charge in [0.1, 0.15) is 11.4 Å². The standard InChI is InChI=1S/C30H43N3O4/c1-24-8-13-31-27(20-24)33-16-19-36-30(23-33)11-14-32(15-12-30)22-26-7-5-6-25(21-26)9-17-35-18-10-28(34)37-29(2,3)4/h5-8,13,20-21H,9-12,14-19,22-23H2,1-4H3. The van der Waals surface area contributed by atoms with Gasteiger partial charge in [0.2, 0.25) is 0 Å². The Hall–Kier alpha value is -2.48. The molecule has 0 aliphatic carbocycles. The van der Waals surface area contributed by atoms with E-state index in [2.05, 4.69) is 52.0 Å². The number of aryl methyl sites for hydroxylation is 1. The number of hydrogen-bond acceptors (Lipinski definition) is 7. The third-order valence-corrected chi connectivity index (χ3v) is 7.04. The highest BCUT2D eigenvalue weighted by atomic mass is 16.6. The van der Waals surface area contributed by atoms with Crippen LogP contribution in [-0.4, -0.2) is 73.1 Å². The average molecular weight is 510 g/mol. The lowest BCUT2D eigenvalue weighted by Crippen LogP contribution is -2.57. The van der Waals surface area contributed by atoms with Crippen molar-refractivity contribution in [2.75, 3.05) is 50.9 Å². The van der Waals surface area contributed by atoms with Gasteiger partial charge >= 0.3 is 5.97 Å². The van der Waals surface area contributed by atoms with Crippen molar-refractivity contribution in [1.29, 1.82) is 0 Å². The summed E-state index contributed by atoms with van der Waals surface area (Å²) in [7, 11) is 0. The number of carbonyl (C=O) groups excluding carboxylic acids is 1. The molecule has 0 radical (unpaired) electrons. The third-order valence-electron chi connectivity index (χ3n) is 7.04. The normalized spacial score (nSPS) is 18.2. The first-order valence-corrected chi connectivity index (χ1v) is 13.6. The van der Waals surface area contributed by atoms with E-state index in [9.17, 15) is 4.79 Å². The van der Waals surface area contributed by atoms with Gasteiger partial charge in [-0.1, -0.05) is 24.3 Å². The number of nitrogens with zero attached hydrogens (tertiary/aromatic N) is 3. The number of piperidine rings is 1. The van der Waals surface area contributed by atoms with Crippen molar-refractivity contribution in [3.8, 4) is 0 Å². The minimum absolute atomic E-state index is 0.0708. The van der Waals surface area contributed by atoms with Crippen LogP contribution in [0.15, 0.2) is 42.6 Å². The van der Waals surface area contributed by atoms with E-state index >= 15 is 0 Å². The van der Waals surface area contributed by atoms with Gasteiger partial charge < -0.3 is 19.1 Å². The zero-order valence-electron chi connectivity index (χ0n) is 23.0. The first-order chi connectivity index (χ1) is 17.7. The minimum atomic E-state index is -0.449. The Bertz CT molecular complexity index is 1030. The van der Waals surface area contributed by atoms with Gasteiger partial charge in [-0.15, -0.1) is 0 Å². The van der Waals surface area contributed by atoms with Crippen molar-refractivity contribution in [3.63, 3.8) is 0 Å². The second-order valence-electron chi connectivity index (χ2n) is 11.4. The fourth-order valence-electron chi connectivity index (χ4n) is 5.14. The predicted molar refractivity (Wildman–Crippen MR) is 146 cm³/mol. The summed E-state index contributed by atoms with van der Waals surface area (Å²) in [5, 5.41) is 0. The highest BCUT2D eigenvalue weighted by molar-refractivity contribution is 5.69. The quantitative estimate of drug-likeness (QED) is 0.363. The fraction of sp³-hybridized carbons (Fsp3) is 0.600. The molecule has 37 heavy (non-hydrogen) atoms. The van der Waals surface area contributed by atoms with E-state index in [1.54, 1.807) is 0 Å². The van der Waals surface area contributed by atoms with Crippen LogP contribution in [-0.2, 0) is 32.0 Å². The lowest BCUT2D eigenvalue weighted by molar-refractivity contribution is -0.156. The average Bonchev–Trinajstić information content (AvgIpc) is 2.85. The molecule has 0 atom stereocenters. The van der Waals surface area contributed by atoms with Crippen LogP contribution < -0.4 is 4.90 Å². The molecule has 0 unspecified atom stereocenters. The van der Waals surface area contributed by atoms with Gasteiger partial charge in [0.15, 0.2) is 0 Å². The number of anilines is 1. The summed E-state index contributed by atoms with van der Waals surface area (Å²) >= 11 is 0. The van der Waals surface area contributed by atoms with Gasteiger partial charge in [-0.2, -0.15) is 0 Å². The maximum absolute atomic E-state index is 11.8. The Balaban J connectivity index is 1.20. The van der Waals surface area contributed by atoms with Crippen LogP contribution in [0.3, 0.4) is 0 Å². The molecule has 202 valence electrons. The van der Waals surface area contributed by atoms with Crippen molar-refractivity contribution in [2.45, 2.75) is 71.1 Å². The number of ether oxygens (including phenoxy) is 3. The molecule has 7 heteroatoms. The van der Waals surface area contributed by atoms with E-state index in [-0.39, 0.29) is 18.0 Å². The van der Waals surface area contributed by atoms with Crippen LogP contribution in [0.25, 0.3) is 0 Å². The number of aromatic nitrogens is 1. The van der Waals surface area contributed by atoms with Gasteiger partial charge in [-0.05, 0) is 75.8 Å². The van der Waals surface area contributed by atoms with Gasteiger partial charge in [-0.25, -0.2) is 4.98 Å². The molecule has 4 rings (SSSR count). The molecule has 0 N–H and O–H groups in total. The van der Waals surface area contributed by atoms with Crippen LogP contribution >= 0.6 is 0 Å². The van der Waals surface area contributed by atoms with Gasteiger partial charge in [0.05, 0.1) is 31.8 Å². The first-order valence-electron chi connectivity index (χ1n) is 13.6. The summed E-state index contributed by atoms with van der Waals surface area (Å²) in [6, 6.07) is 13.0. The maximum atomic E-state index is 11.8. The molecule has 2 aromatic rings. The number of rotatable bonds is 9. The topological polar surface area (TPSA) is 64.1 Å². The Kier molecular flexibility index (Phi) is 9.22. The molecule has 7 nitrogen and oxygen atoms in total. The highest BCUT2D eigenvalue weighted by Gasteiger charge is 2.40. The van der Waals surface area contributed by atoms with Crippen molar-refractivity contribution < 1.29 is 19.0 Å². The van der Waals surface area contributed by atoms with Crippen LogP contribution in [0, 0.1) is 6.92 Å². The maximum Gasteiger partial charge on any atom is 0.308 e. The van der Waals surface area contributed by atoms with Gasteiger partial charge in [0.25, 0.3) is 0 Å². The lowest BCUT2D eigenvalue weighted by Gasteiger charge is -2.47. The summed E-state index contributed by atoms with van der Waals surface area (Å²) in [4.78, 5) is 21.3. The Morgan fingerprint density at radius 2 is 1.86 bits per heavy atom. The molecular formula is C30H43N3O4. The zero-order valence-corrected chi connectivity index (χ0v) is 23.0. The van der Waals surface area contributed by atoms with E-state index in [0.717, 1.165) is 64.4 Å². The second-order valence-corrected chi connectivity index (χ2v) is 11.4. The molecule has 0 amide bonds. The van der Waals surface area contributed by atoms with E-state index in [0.29, 0.717) is 13.2 Å². The number of likely N-dealkylation sites (tertiary alicyclic amines) is 1. The Labute approximate surface area is 222 Å². The van der Waals surface area contributed by atoms with Crippen molar-refractivity contribution in [3.05, 3.63) is 59.3 Å². The highest BCUT2D eigenvalue weighted by Crippen LogP contribution is 2.32. The molecule has 0 saturated carbocycles. The van der Waals surface area contributed by atoms with Crippen molar-refractivity contribution in [2.24, 2.45) is 0 Å². The number of pyridine rings is 1. The SMILES string of the molecule is Cc1ccnc(N2CCOC3(CCN(Cc4cccc(CCOCCC(=O)OC(C)(C)C)c4)CC3)C2)c1. The van der Waals surface area contributed by atoms with E-state index in [1.807, 2.05) is 33.0 Å². The number of hydrogen-bond donors (Lipinski definition) is 0. The molecule has 1 aromatic carbocycles. The molecule has 2 aliphatic heterocycles. The molecule has 2 fully saturated rings. The number of morpholine rings is 1. The second kappa shape index (κ2) is 12.4. The molecule has 2 saturated heterocycles. The third kappa shape index (κ3) is 8.52. The summed E-state index contributed by atoms with van der Waals surface area (Å²) in [6.45, 7) is 14.3. The fourth-order valence-corrected chi connectivity index (χ4v) is 5.14. The Morgan fingerprint density at radius 3 is 2.62 bits per heavy atom. The zero-order chi connectivity index (χ0) is 26.3. The van der Waals surface area contributed by atoms with Gasteiger partial charge in [0, 0.05) is 38.9 Å². The molecule has 1 spiro atoms. The molecule has 2 aliphatic rings. The molecule has 0 bridgehead atoms. The summed E-state index contributed by atoms with van der Waals surface area (Å²) in [5.41, 5.74) is 3.32. The van der Waals surface area contributed by atoms with Crippen LogP contribution in [0.5, 0.6) is 0 Å². The Morgan fingerprint density at radius 1 is 1.08 bits per heavy atom. The summed E-state index contributed by atoms with van der Waals surface area (Å²) in [5.74, 6) is 0.853. The predicted octanol–water partition coefficient (Wildman–Crippen LogP) is 4.55. The van der Waals surface area contributed by atoms with Crippen molar-refractivity contribution in [1.82, 2.24) is 9.88 Å². The molecule has 3 heterocycles. The van der Waals surface area contributed by atoms with Crippen molar-refractivity contribution >= 4 is 11.8 Å². The summed E-state index contributed by atoms with van der Waals surface area (Å²) < 4.78 is 17.4. The summed E-state index contributed by atoms with van der Waals surface area (Å²) in [6.07, 6.45) is 5.11. The van der Waals surface area contributed by atoms with Crippen LogP contribution in [0.1, 0.15) is 56.7 Å². The minimum Gasteiger partial charge on any atom is -0.460 e. The molecular weight excluding hydrogens is 466 g/mol. The monoisotopic (exact) mass is 509 g/mol. The number of carbonyl (C=O) groups is 1. The number of benzene rings is 1. The smallest absolute Gasteiger partial charge is 0.308 e. The first kappa shape index (κ1) is 27.6. The molecule has 1 aromatic heterocycles.